The molecule has 1 fully saturated rings. The number of aryl methyl sites for hydroxylation is 1. The lowest BCUT2D eigenvalue weighted by Crippen LogP contribution is -2.49. The van der Waals surface area contributed by atoms with Crippen LogP contribution in [0, 0.1) is 6.92 Å². The maximum Gasteiger partial charge on any atom is 0.270 e. The highest BCUT2D eigenvalue weighted by atomic mass is 32.2. The zero-order chi connectivity index (χ0) is 14.5. The zero-order valence-corrected chi connectivity index (χ0v) is 12.8. The van der Waals surface area contributed by atoms with Crippen LogP contribution in [0.25, 0.3) is 0 Å². The summed E-state index contributed by atoms with van der Waals surface area (Å²) in [6, 6.07) is 2.88. The van der Waals surface area contributed by atoms with Crippen molar-refractivity contribution in [3.8, 4) is 0 Å². The van der Waals surface area contributed by atoms with Crippen LogP contribution in [0.1, 0.15) is 16.2 Å². The van der Waals surface area contributed by atoms with Gasteiger partial charge in [-0.3, -0.25) is 14.5 Å². The van der Waals surface area contributed by atoms with Crippen LogP contribution in [0.15, 0.2) is 16.9 Å². The Labute approximate surface area is 123 Å². The summed E-state index contributed by atoms with van der Waals surface area (Å²) >= 11 is 1.84. The number of carbonyl (C=O) groups is 1. The molecule has 6 heteroatoms. The van der Waals surface area contributed by atoms with Crippen molar-refractivity contribution >= 4 is 17.7 Å². The van der Waals surface area contributed by atoms with Crippen LogP contribution in [0.2, 0.25) is 0 Å². The molecule has 0 atom stereocenters. The molecule has 0 spiro atoms. The first-order valence-electron chi connectivity index (χ1n) is 6.81. The van der Waals surface area contributed by atoms with E-state index in [1.807, 2.05) is 16.7 Å². The highest BCUT2D eigenvalue weighted by Gasteiger charge is 2.22. The second-order valence-corrected chi connectivity index (χ2v) is 6.02. The second-order valence-electron chi connectivity index (χ2n) is 5.04. The van der Waals surface area contributed by atoms with Crippen molar-refractivity contribution in [3.05, 3.63) is 33.7 Å². The molecular weight excluding hydrogens is 274 g/mol. The molecule has 0 radical (unpaired) electrons. The lowest BCUT2D eigenvalue weighted by atomic mass is 10.2. The van der Waals surface area contributed by atoms with Crippen LogP contribution in [-0.2, 0) is 0 Å². The van der Waals surface area contributed by atoms with Gasteiger partial charge in [-0.05, 0) is 13.2 Å². The first-order valence-corrected chi connectivity index (χ1v) is 8.21. The lowest BCUT2D eigenvalue weighted by molar-refractivity contribution is 0.0638. The van der Waals surface area contributed by atoms with E-state index >= 15 is 0 Å². The van der Waals surface area contributed by atoms with Gasteiger partial charge in [0.1, 0.15) is 5.69 Å². The molecule has 20 heavy (non-hydrogen) atoms. The van der Waals surface area contributed by atoms with Crippen LogP contribution in [0.5, 0.6) is 0 Å². The van der Waals surface area contributed by atoms with Crippen molar-refractivity contribution in [1.29, 1.82) is 0 Å². The fourth-order valence-corrected chi connectivity index (χ4v) is 2.80. The van der Waals surface area contributed by atoms with Crippen molar-refractivity contribution in [1.82, 2.24) is 14.8 Å². The van der Waals surface area contributed by atoms with E-state index in [1.54, 1.807) is 6.92 Å². The molecule has 1 saturated heterocycles. The number of H-pyrrole nitrogens is 1. The molecule has 5 nitrogen and oxygen atoms in total. The van der Waals surface area contributed by atoms with Crippen molar-refractivity contribution in [2.75, 3.05) is 44.7 Å². The lowest BCUT2D eigenvalue weighted by Gasteiger charge is -2.34. The van der Waals surface area contributed by atoms with E-state index in [-0.39, 0.29) is 11.3 Å². The van der Waals surface area contributed by atoms with E-state index in [0.717, 1.165) is 44.2 Å². The molecule has 1 aromatic rings. The number of pyridine rings is 1. The Kier molecular flexibility index (Phi) is 5.25. The number of hydrogen-bond acceptors (Lipinski definition) is 4. The fraction of sp³-hybridized carbons (Fsp3) is 0.571. The molecule has 1 aromatic heterocycles. The van der Waals surface area contributed by atoms with Crippen LogP contribution in [0.3, 0.4) is 0 Å². The standard InChI is InChI=1S/C14H21N3O2S/c1-11-9-12(18)10-13(15-11)14(19)17-5-3-16(4-6-17)7-8-20-2/h9-10H,3-8H2,1-2H3,(H,15,18). The third-order valence-electron chi connectivity index (χ3n) is 3.48. The smallest absolute Gasteiger partial charge is 0.270 e. The largest absolute Gasteiger partial charge is 0.354 e. The van der Waals surface area contributed by atoms with Crippen molar-refractivity contribution in [2.24, 2.45) is 0 Å². The van der Waals surface area contributed by atoms with Crippen molar-refractivity contribution in [2.45, 2.75) is 6.92 Å². The van der Waals surface area contributed by atoms with Crippen LogP contribution >= 0.6 is 11.8 Å². The Morgan fingerprint density at radius 3 is 2.60 bits per heavy atom. The molecule has 0 aromatic carbocycles. The van der Waals surface area contributed by atoms with Gasteiger partial charge in [0.15, 0.2) is 5.43 Å². The van der Waals surface area contributed by atoms with Gasteiger partial charge in [-0.15, -0.1) is 0 Å². The molecule has 0 saturated carbocycles. The minimum absolute atomic E-state index is 0.0738. The maximum absolute atomic E-state index is 12.4. The Balaban J connectivity index is 1.96. The van der Waals surface area contributed by atoms with E-state index in [1.165, 1.54) is 12.1 Å². The molecule has 110 valence electrons. The van der Waals surface area contributed by atoms with Gasteiger partial charge in [0.2, 0.25) is 0 Å². The third-order valence-corrected chi connectivity index (χ3v) is 4.07. The predicted octanol–water partition coefficient (Wildman–Crippen LogP) is 0.804. The van der Waals surface area contributed by atoms with Gasteiger partial charge in [-0.2, -0.15) is 11.8 Å². The van der Waals surface area contributed by atoms with E-state index in [2.05, 4.69) is 16.1 Å². The monoisotopic (exact) mass is 295 g/mol. The fourth-order valence-electron chi connectivity index (χ4n) is 2.36. The highest BCUT2D eigenvalue weighted by Crippen LogP contribution is 2.07. The summed E-state index contributed by atoms with van der Waals surface area (Å²) in [7, 11) is 0. The van der Waals surface area contributed by atoms with Crippen molar-refractivity contribution in [3.63, 3.8) is 0 Å². The Hall–Kier alpha value is -1.27. The van der Waals surface area contributed by atoms with Crippen LogP contribution in [0.4, 0.5) is 0 Å². The summed E-state index contributed by atoms with van der Waals surface area (Å²) in [5.41, 5.74) is 0.996. The van der Waals surface area contributed by atoms with Crippen molar-refractivity contribution < 1.29 is 4.79 Å². The number of hydrogen-bond donors (Lipinski definition) is 1. The molecule has 2 rings (SSSR count). The molecule has 0 bridgehead atoms. The van der Waals surface area contributed by atoms with Crippen LogP contribution in [-0.4, -0.2) is 65.4 Å². The highest BCUT2D eigenvalue weighted by molar-refractivity contribution is 7.98. The van der Waals surface area contributed by atoms with Gasteiger partial charge in [-0.25, -0.2) is 0 Å². The minimum Gasteiger partial charge on any atom is -0.354 e. The Morgan fingerprint density at radius 1 is 1.30 bits per heavy atom. The SMILES string of the molecule is CSCCN1CCN(C(=O)c2cc(=O)cc(C)[nH]2)CC1. The average molecular weight is 295 g/mol. The summed E-state index contributed by atoms with van der Waals surface area (Å²) in [6.45, 7) is 6.13. The number of rotatable bonds is 4. The number of aromatic nitrogens is 1. The summed E-state index contributed by atoms with van der Waals surface area (Å²) in [5, 5.41) is 0. The predicted molar refractivity (Wildman–Crippen MR) is 82.5 cm³/mol. The number of nitrogens with one attached hydrogen (secondary N) is 1. The molecule has 0 unspecified atom stereocenters. The second kappa shape index (κ2) is 6.95. The molecular formula is C14H21N3O2S. The topological polar surface area (TPSA) is 56.4 Å². The third kappa shape index (κ3) is 3.86. The Bertz CT molecular complexity index is 521. The molecule has 1 N–H and O–H groups in total. The molecule has 2 heterocycles. The number of carbonyl (C=O) groups excluding carboxylic acids is 1. The Morgan fingerprint density at radius 2 is 2.00 bits per heavy atom. The van der Waals surface area contributed by atoms with Gasteiger partial charge in [0, 0.05) is 56.3 Å². The van der Waals surface area contributed by atoms with Gasteiger partial charge >= 0.3 is 0 Å². The molecule has 1 aliphatic rings. The van der Waals surface area contributed by atoms with Crippen LogP contribution < -0.4 is 5.43 Å². The summed E-state index contributed by atoms with van der Waals surface area (Å²) in [4.78, 5) is 31.0. The quantitative estimate of drug-likeness (QED) is 0.893. The average Bonchev–Trinajstić information content (AvgIpc) is 2.44. The molecule has 1 aliphatic heterocycles. The number of aromatic amines is 1. The summed E-state index contributed by atoms with van der Waals surface area (Å²) < 4.78 is 0. The zero-order valence-electron chi connectivity index (χ0n) is 12.0. The maximum atomic E-state index is 12.4. The summed E-state index contributed by atoms with van der Waals surface area (Å²) in [5.74, 6) is 1.05. The van der Waals surface area contributed by atoms with E-state index < -0.39 is 0 Å². The van der Waals surface area contributed by atoms with Gasteiger partial charge in [0.25, 0.3) is 5.91 Å². The number of nitrogens with zero attached hydrogens (tertiary/aromatic N) is 2. The summed E-state index contributed by atoms with van der Waals surface area (Å²) in [6.07, 6.45) is 2.11. The number of thioether (sulfide) groups is 1. The first-order chi connectivity index (χ1) is 9.60. The minimum atomic E-state index is -0.122. The van der Waals surface area contributed by atoms with Gasteiger partial charge < -0.3 is 9.88 Å². The van der Waals surface area contributed by atoms with E-state index in [0.29, 0.717) is 5.69 Å². The molecule has 0 aliphatic carbocycles. The van der Waals surface area contributed by atoms with E-state index in [9.17, 15) is 9.59 Å². The first kappa shape index (κ1) is 15.1. The molecule has 1 amide bonds. The number of piperazine rings is 1. The normalized spacial score (nSPS) is 16.4. The van der Waals surface area contributed by atoms with Gasteiger partial charge in [-0.1, -0.05) is 0 Å². The van der Waals surface area contributed by atoms with Gasteiger partial charge in [0.05, 0.1) is 0 Å². The number of amides is 1. The van der Waals surface area contributed by atoms with E-state index in [4.69, 9.17) is 0 Å².